The van der Waals surface area contributed by atoms with Gasteiger partial charge in [-0.3, -0.25) is 9.88 Å². The zero-order valence-electron chi connectivity index (χ0n) is 16.0. The SMILES string of the molecule is COc1cccc(C(C2=Cc3cc4ccccc4nc3CC2)N(C)C)c1.Cl. The molecule has 140 valence electrons. The van der Waals surface area contributed by atoms with Gasteiger partial charge in [0.2, 0.25) is 0 Å². The maximum Gasteiger partial charge on any atom is 0.119 e. The third-order valence-electron chi connectivity index (χ3n) is 5.10. The summed E-state index contributed by atoms with van der Waals surface area (Å²) in [6.07, 6.45) is 4.35. The molecule has 1 aliphatic rings. The van der Waals surface area contributed by atoms with E-state index in [4.69, 9.17) is 9.72 Å². The van der Waals surface area contributed by atoms with E-state index in [1.165, 1.54) is 27.8 Å². The Morgan fingerprint density at radius 1 is 1.00 bits per heavy atom. The Hall–Kier alpha value is -2.36. The number of ether oxygens (including phenoxy) is 1. The van der Waals surface area contributed by atoms with Gasteiger partial charge in [0.1, 0.15) is 5.75 Å². The molecule has 0 aliphatic heterocycles. The smallest absolute Gasteiger partial charge is 0.119 e. The van der Waals surface area contributed by atoms with E-state index in [1.807, 2.05) is 6.07 Å². The zero-order valence-corrected chi connectivity index (χ0v) is 16.8. The first-order valence-electron chi connectivity index (χ1n) is 9.05. The molecule has 4 rings (SSSR count). The van der Waals surface area contributed by atoms with Crippen molar-refractivity contribution in [2.24, 2.45) is 0 Å². The molecule has 4 heteroatoms. The molecule has 0 spiro atoms. The van der Waals surface area contributed by atoms with Gasteiger partial charge in [-0.25, -0.2) is 0 Å². The number of hydrogen-bond donors (Lipinski definition) is 0. The number of hydrogen-bond acceptors (Lipinski definition) is 3. The summed E-state index contributed by atoms with van der Waals surface area (Å²) >= 11 is 0. The van der Waals surface area contributed by atoms with Crippen molar-refractivity contribution in [2.75, 3.05) is 21.2 Å². The fourth-order valence-corrected chi connectivity index (χ4v) is 3.90. The molecule has 0 amide bonds. The molecule has 1 unspecified atom stereocenters. The Morgan fingerprint density at radius 3 is 2.59 bits per heavy atom. The van der Waals surface area contributed by atoms with Gasteiger partial charge in [0, 0.05) is 11.1 Å². The van der Waals surface area contributed by atoms with Crippen LogP contribution in [0, 0.1) is 0 Å². The van der Waals surface area contributed by atoms with Crippen LogP contribution in [0.2, 0.25) is 0 Å². The zero-order chi connectivity index (χ0) is 18.1. The number of rotatable bonds is 4. The second-order valence-electron chi connectivity index (χ2n) is 7.08. The van der Waals surface area contributed by atoms with Crippen LogP contribution in [-0.4, -0.2) is 31.1 Å². The summed E-state index contributed by atoms with van der Waals surface area (Å²) in [5.41, 5.74) is 6.22. The van der Waals surface area contributed by atoms with Crippen LogP contribution in [0.15, 0.2) is 60.2 Å². The van der Waals surface area contributed by atoms with Gasteiger partial charge in [-0.1, -0.05) is 36.4 Å². The number of halogens is 1. The lowest BCUT2D eigenvalue weighted by Crippen LogP contribution is -2.23. The number of para-hydroxylation sites is 1. The summed E-state index contributed by atoms with van der Waals surface area (Å²) in [5.74, 6) is 0.902. The summed E-state index contributed by atoms with van der Waals surface area (Å²) in [6.45, 7) is 0. The van der Waals surface area contributed by atoms with Gasteiger partial charge in [-0.2, -0.15) is 0 Å². The van der Waals surface area contributed by atoms with Gasteiger partial charge >= 0.3 is 0 Å². The Morgan fingerprint density at radius 2 is 1.81 bits per heavy atom. The van der Waals surface area contributed by atoms with E-state index >= 15 is 0 Å². The lowest BCUT2D eigenvalue weighted by Gasteiger charge is -2.30. The minimum absolute atomic E-state index is 0. The molecule has 2 aromatic carbocycles. The van der Waals surface area contributed by atoms with E-state index in [9.17, 15) is 0 Å². The Labute approximate surface area is 167 Å². The van der Waals surface area contributed by atoms with E-state index in [0.29, 0.717) is 0 Å². The summed E-state index contributed by atoms with van der Waals surface area (Å²) in [7, 11) is 6.00. The predicted molar refractivity (Wildman–Crippen MR) is 115 cm³/mol. The summed E-state index contributed by atoms with van der Waals surface area (Å²) in [6, 6.07) is 19.2. The maximum absolute atomic E-state index is 5.43. The molecular formula is C23H25ClN2O. The highest BCUT2D eigenvalue weighted by atomic mass is 35.5. The highest BCUT2D eigenvalue weighted by molar-refractivity contribution is 5.85. The van der Waals surface area contributed by atoms with Crippen LogP contribution < -0.4 is 4.74 Å². The molecule has 3 nitrogen and oxygen atoms in total. The maximum atomic E-state index is 5.43. The average molecular weight is 381 g/mol. The van der Waals surface area contributed by atoms with Crippen molar-refractivity contribution in [3.8, 4) is 5.75 Å². The van der Waals surface area contributed by atoms with Crippen LogP contribution in [0.5, 0.6) is 5.75 Å². The number of benzene rings is 2. The number of pyridine rings is 1. The van der Waals surface area contributed by atoms with Crippen LogP contribution >= 0.6 is 12.4 Å². The van der Waals surface area contributed by atoms with Crippen molar-refractivity contribution >= 4 is 29.4 Å². The minimum atomic E-state index is 0. The summed E-state index contributed by atoms with van der Waals surface area (Å²) < 4.78 is 5.43. The third-order valence-corrected chi connectivity index (χ3v) is 5.10. The molecule has 0 bridgehead atoms. The van der Waals surface area contributed by atoms with Crippen molar-refractivity contribution < 1.29 is 4.74 Å². The fraction of sp³-hybridized carbons (Fsp3) is 0.261. The fourth-order valence-electron chi connectivity index (χ4n) is 3.90. The number of likely N-dealkylation sites (N-methyl/N-ethyl adjacent to an activating group) is 1. The first-order valence-corrected chi connectivity index (χ1v) is 9.05. The second-order valence-corrected chi connectivity index (χ2v) is 7.08. The molecule has 0 saturated heterocycles. The lowest BCUT2D eigenvalue weighted by atomic mass is 9.87. The summed E-state index contributed by atoms with van der Waals surface area (Å²) in [5, 5.41) is 1.20. The van der Waals surface area contributed by atoms with Gasteiger partial charge < -0.3 is 4.74 Å². The molecular weight excluding hydrogens is 356 g/mol. The van der Waals surface area contributed by atoms with Crippen molar-refractivity contribution in [1.29, 1.82) is 0 Å². The topological polar surface area (TPSA) is 25.4 Å². The van der Waals surface area contributed by atoms with Crippen molar-refractivity contribution in [3.05, 3.63) is 77.0 Å². The van der Waals surface area contributed by atoms with Crippen molar-refractivity contribution in [3.63, 3.8) is 0 Å². The molecule has 0 N–H and O–H groups in total. The highest BCUT2D eigenvalue weighted by Gasteiger charge is 2.23. The number of aryl methyl sites for hydroxylation is 1. The lowest BCUT2D eigenvalue weighted by molar-refractivity contribution is 0.330. The molecule has 3 aromatic rings. The van der Waals surface area contributed by atoms with Gasteiger partial charge in [0.15, 0.2) is 0 Å². The first-order chi connectivity index (χ1) is 12.7. The number of methoxy groups -OCH3 is 1. The van der Waals surface area contributed by atoms with Gasteiger partial charge in [-0.05, 0) is 67.9 Å². The van der Waals surface area contributed by atoms with E-state index in [-0.39, 0.29) is 18.4 Å². The van der Waals surface area contributed by atoms with Crippen LogP contribution in [0.25, 0.3) is 17.0 Å². The van der Waals surface area contributed by atoms with Crippen LogP contribution in [0.1, 0.15) is 29.3 Å². The third kappa shape index (κ3) is 3.85. The molecule has 27 heavy (non-hydrogen) atoms. The summed E-state index contributed by atoms with van der Waals surface area (Å²) in [4.78, 5) is 7.15. The number of nitrogens with zero attached hydrogens (tertiary/aromatic N) is 2. The molecule has 0 fully saturated rings. The second kappa shape index (κ2) is 8.12. The van der Waals surface area contributed by atoms with Gasteiger partial charge in [0.05, 0.1) is 18.7 Å². The normalized spacial score (nSPS) is 14.3. The van der Waals surface area contributed by atoms with E-state index in [2.05, 4.69) is 73.6 Å². The monoisotopic (exact) mass is 380 g/mol. The van der Waals surface area contributed by atoms with Gasteiger partial charge in [0.25, 0.3) is 0 Å². The predicted octanol–water partition coefficient (Wildman–Crippen LogP) is 5.30. The molecule has 0 saturated carbocycles. The Balaban J connectivity index is 0.00000210. The van der Waals surface area contributed by atoms with Gasteiger partial charge in [-0.15, -0.1) is 12.4 Å². The molecule has 1 atom stereocenters. The van der Waals surface area contributed by atoms with Crippen LogP contribution in [0.4, 0.5) is 0 Å². The number of aromatic nitrogens is 1. The van der Waals surface area contributed by atoms with Crippen LogP contribution in [0.3, 0.4) is 0 Å². The average Bonchev–Trinajstić information content (AvgIpc) is 2.66. The quantitative estimate of drug-likeness (QED) is 0.614. The van der Waals surface area contributed by atoms with E-state index < -0.39 is 0 Å². The molecule has 0 radical (unpaired) electrons. The minimum Gasteiger partial charge on any atom is -0.497 e. The Bertz CT molecular complexity index is 981. The van der Waals surface area contributed by atoms with E-state index in [1.54, 1.807) is 7.11 Å². The largest absolute Gasteiger partial charge is 0.497 e. The highest BCUT2D eigenvalue weighted by Crippen LogP contribution is 2.36. The van der Waals surface area contributed by atoms with Crippen molar-refractivity contribution in [1.82, 2.24) is 9.88 Å². The van der Waals surface area contributed by atoms with Crippen molar-refractivity contribution in [2.45, 2.75) is 18.9 Å². The first kappa shape index (κ1) is 19.4. The molecule has 1 aliphatic carbocycles. The standard InChI is InChI=1S/C23H24N2O.ClH/c1-25(2)23(17-8-6-9-20(15-17)26-3)18-11-12-22-19(14-18)13-16-7-4-5-10-21(16)24-22;/h4-10,13-15,23H,11-12H2,1-3H3;1H. The van der Waals surface area contributed by atoms with E-state index in [0.717, 1.165) is 24.1 Å². The number of fused-ring (bicyclic) bond motifs is 2. The molecule has 1 heterocycles. The Kier molecular flexibility index (Phi) is 5.83. The molecule has 1 aromatic heterocycles. The van der Waals surface area contributed by atoms with Crippen LogP contribution in [-0.2, 0) is 6.42 Å².